The molecule has 0 unspecified atom stereocenters. The number of para-hydroxylation sites is 1. The van der Waals surface area contributed by atoms with Crippen molar-refractivity contribution in [3.8, 4) is 5.75 Å². The topological polar surface area (TPSA) is 21.3 Å². The fraction of sp³-hybridized carbons (Fsp3) is 0.429. The zero-order valence-electron chi connectivity index (χ0n) is 10.3. The maximum absolute atomic E-state index is 5.83. The molecule has 0 atom stereocenters. The average molecular weight is 219 g/mol. The first-order valence-corrected chi connectivity index (χ1v) is 5.76. The van der Waals surface area contributed by atoms with E-state index in [9.17, 15) is 0 Å². The van der Waals surface area contributed by atoms with Gasteiger partial charge in [-0.15, -0.1) is 6.58 Å². The first kappa shape index (κ1) is 12.8. The summed E-state index contributed by atoms with van der Waals surface area (Å²) in [5, 5.41) is 3.16. The second-order valence-corrected chi connectivity index (χ2v) is 3.87. The van der Waals surface area contributed by atoms with Crippen molar-refractivity contribution in [2.75, 3.05) is 13.7 Å². The van der Waals surface area contributed by atoms with E-state index in [-0.39, 0.29) is 0 Å². The Morgan fingerprint density at radius 2 is 2.25 bits per heavy atom. The number of hydrogen-bond acceptors (Lipinski definition) is 2. The van der Waals surface area contributed by atoms with Gasteiger partial charge in [-0.2, -0.15) is 0 Å². The van der Waals surface area contributed by atoms with Crippen LogP contribution in [-0.4, -0.2) is 13.7 Å². The Hall–Kier alpha value is -1.28. The van der Waals surface area contributed by atoms with Crippen LogP contribution in [0, 0.1) is 6.92 Å². The summed E-state index contributed by atoms with van der Waals surface area (Å²) in [5.74, 6) is 1.03. The minimum Gasteiger partial charge on any atom is -0.493 e. The van der Waals surface area contributed by atoms with E-state index < -0.39 is 0 Å². The van der Waals surface area contributed by atoms with Crippen LogP contribution in [0.1, 0.15) is 24.0 Å². The van der Waals surface area contributed by atoms with Crippen molar-refractivity contribution in [2.24, 2.45) is 0 Å². The van der Waals surface area contributed by atoms with E-state index in [0.29, 0.717) is 0 Å². The van der Waals surface area contributed by atoms with E-state index in [4.69, 9.17) is 4.74 Å². The Labute approximate surface area is 98.3 Å². The highest BCUT2D eigenvalue weighted by molar-refractivity contribution is 5.40. The molecule has 1 rings (SSSR count). The molecule has 2 nitrogen and oxygen atoms in total. The maximum atomic E-state index is 5.83. The Bertz CT molecular complexity index is 334. The summed E-state index contributed by atoms with van der Waals surface area (Å²) in [5.41, 5.74) is 2.42. The number of allylic oxidation sites excluding steroid dienone is 1. The highest BCUT2D eigenvalue weighted by Crippen LogP contribution is 2.23. The van der Waals surface area contributed by atoms with Gasteiger partial charge in [0.25, 0.3) is 0 Å². The molecule has 0 aromatic heterocycles. The molecule has 0 aliphatic heterocycles. The molecular weight excluding hydrogens is 198 g/mol. The second kappa shape index (κ2) is 7.07. The predicted molar refractivity (Wildman–Crippen MR) is 68.9 cm³/mol. The molecule has 1 aromatic rings. The standard InChI is InChI=1S/C14H21NO/c1-4-5-6-10-16-14-12(2)8-7-9-13(14)11-15-3/h4,7-9,15H,1,5-6,10-11H2,2-3H3. The fourth-order valence-electron chi connectivity index (χ4n) is 1.65. The zero-order valence-corrected chi connectivity index (χ0v) is 10.3. The molecule has 0 radical (unpaired) electrons. The average Bonchev–Trinajstić information content (AvgIpc) is 2.28. The number of benzene rings is 1. The number of nitrogens with one attached hydrogen (secondary N) is 1. The molecule has 2 heteroatoms. The van der Waals surface area contributed by atoms with E-state index >= 15 is 0 Å². The number of ether oxygens (including phenoxy) is 1. The molecule has 88 valence electrons. The van der Waals surface area contributed by atoms with Crippen molar-refractivity contribution < 1.29 is 4.74 Å². The molecule has 0 bridgehead atoms. The van der Waals surface area contributed by atoms with Gasteiger partial charge in [0.2, 0.25) is 0 Å². The second-order valence-electron chi connectivity index (χ2n) is 3.87. The van der Waals surface area contributed by atoms with Crippen LogP contribution in [0.2, 0.25) is 0 Å². The number of rotatable bonds is 7. The van der Waals surface area contributed by atoms with E-state index in [0.717, 1.165) is 31.7 Å². The van der Waals surface area contributed by atoms with Crippen LogP contribution in [-0.2, 0) is 6.54 Å². The largest absolute Gasteiger partial charge is 0.493 e. The third kappa shape index (κ3) is 3.70. The molecule has 0 spiro atoms. The third-order valence-electron chi connectivity index (χ3n) is 2.46. The minimum absolute atomic E-state index is 0.758. The van der Waals surface area contributed by atoms with Gasteiger partial charge < -0.3 is 10.1 Å². The molecule has 0 saturated carbocycles. The summed E-state index contributed by atoms with van der Waals surface area (Å²) in [6.07, 6.45) is 3.96. The first-order chi connectivity index (χ1) is 7.79. The molecule has 0 aliphatic carbocycles. The van der Waals surface area contributed by atoms with Gasteiger partial charge in [0.1, 0.15) is 5.75 Å². The Morgan fingerprint density at radius 3 is 2.94 bits per heavy atom. The monoisotopic (exact) mass is 219 g/mol. The maximum Gasteiger partial charge on any atom is 0.126 e. The molecule has 0 saturated heterocycles. The Morgan fingerprint density at radius 1 is 1.44 bits per heavy atom. The predicted octanol–water partition coefficient (Wildman–Crippen LogP) is 3.06. The van der Waals surface area contributed by atoms with Crippen LogP contribution in [0.5, 0.6) is 5.75 Å². The molecular formula is C14H21NO. The SMILES string of the molecule is C=CCCCOc1c(C)cccc1CNC. The van der Waals surface area contributed by atoms with Crippen LogP contribution in [0.25, 0.3) is 0 Å². The van der Waals surface area contributed by atoms with Gasteiger partial charge in [0.15, 0.2) is 0 Å². The molecule has 0 fully saturated rings. The highest BCUT2D eigenvalue weighted by Gasteiger charge is 2.05. The van der Waals surface area contributed by atoms with E-state index in [1.807, 2.05) is 13.1 Å². The minimum atomic E-state index is 0.758. The Kier molecular flexibility index (Phi) is 5.65. The van der Waals surface area contributed by atoms with Crippen molar-refractivity contribution in [3.05, 3.63) is 42.0 Å². The van der Waals surface area contributed by atoms with Gasteiger partial charge in [-0.05, 0) is 32.4 Å². The molecule has 1 aromatic carbocycles. The number of aryl methyl sites for hydroxylation is 1. The molecule has 0 amide bonds. The molecule has 16 heavy (non-hydrogen) atoms. The van der Waals surface area contributed by atoms with Crippen molar-refractivity contribution in [1.29, 1.82) is 0 Å². The molecule has 0 heterocycles. The normalized spacial score (nSPS) is 10.1. The first-order valence-electron chi connectivity index (χ1n) is 5.76. The Balaban J connectivity index is 2.64. The van der Waals surface area contributed by atoms with E-state index in [1.54, 1.807) is 0 Å². The summed E-state index contributed by atoms with van der Waals surface area (Å²) in [7, 11) is 1.95. The molecule has 1 N–H and O–H groups in total. The van der Waals surface area contributed by atoms with Crippen molar-refractivity contribution >= 4 is 0 Å². The van der Waals surface area contributed by atoms with Crippen LogP contribution in [0.4, 0.5) is 0 Å². The van der Waals surface area contributed by atoms with Crippen LogP contribution in [0.15, 0.2) is 30.9 Å². The van der Waals surface area contributed by atoms with Crippen LogP contribution < -0.4 is 10.1 Å². The van der Waals surface area contributed by atoms with Crippen molar-refractivity contribution in [2.45, 2.75) is 26.3 Å². The smallest absolute Gasteiger partial charge is 0.126 e. The van der Waals surface area contributed by atoms with E-state index in [2.05, 4.69) is 37.0 Å². The van der Waals surface area contributed by atoms with Crippen LogP contribution in [0.3, 0.4) is 0 Å². The van der Waals surface area contributed by atoms with Gasteiger partial charge >= 0.3 is 0 Å². The van der Waals surface area contributed by atoms with Crippen molar-refractivity contribution in [1.82, 2.24) is 5.32 Å². The van der Waals surface area contributed by atoms with Gasteiger partial charge in [0.05, 0.1) is 6.61 Å². The quantitative estimate of drug-likeness (QED) is 0.562. The zero-order chi connectivity index (χ0) is 11.8. The van der Waals surface area contributed by atoms with Crippen LogP contribution >= 0.6 is 0 Å². The summed E-state index contributed by atoms with van der Waals surface area (Å²) in [4.78, 5) is 0. The fourth-order valence-corrected chi connectivity index (χ4v) is 1.65. The summed E-state index contributed by atoms with van der Waals surface area (Å²) < 4.78 is 5.83. The number of hydrogen-bond donors (Lipinski definition) is 1. The molecule has 0 aliphatic rings. The van der Waals surface area contributed by atoms with Gasteiger partial charge in [-0.1, -0.05) is 24.3 Å². The lowest BCUT2D eigenvalue weighted by molar-refractivity contribution is 0.306. The summed E-state index contributed by atoms with van der Waals surface area (Å²) in [6, 6.07) is 6.26. The van der Waals surface area contributed by atoms with Gasteiger partial charge in [-0.25, -0.2) is 0 Å². The third-order valence-corrected chi connectivity index (χ3v) is 2.46. The van der Waals surface area contributed by atoms with E-state index in [1.165, 1.54) is 11.1 Å². The van der Waals surface area contributed by atoms with Crippen molar-refractivity contribution in [3.63, 3.8) is 0 Å². The van der Waals surface area contributed by atoms with Gasteiger partial charge in [0, 0.05) is 12.1 Å². The highest BCUT2D eigenvalue weighted by atomic mass is 16.5. The lowest BCUT2D eigenvalue weighted by Crippen LogP contribution is -2.09. The number of unbranched alkanes of at least 4 members (excludes halogenated alkanes) is 1. The lowest BCUT2D eigenvalue weighted by Gasteiger charge is -2.13. The summed E-state index contributed by atoms with van der Waals surface area (Å²) >= 11 is 0. The summed E-state index contributed by atoms with van der Waals surface area (Å²) in [6.45, 7) is 7.39. The van der Waals surface area contributed by atoms with Gasteiger partial charge in [-0.3, -0.25) is 0 Å². The lowest BCUT2D eigenvalue weighted by atomic mass is 10.1.